The van der Waals surface area contributed by atoms with Gasteiger partial charge in [-0.05, 0) is 31.5 Å². The second-order valence-electron chi connectivity index (χ2n) is 4.00. The van der Waals surface area contributed by atoms with Gasteiger partial charge in [-0.25, -0.2) is 4.79 Å². The van der Waals surface area contributed by atoms with E-state index < -0.39 is 11.5 Å². The van der Waals surface area contributed by atoms with Crippen LogP contribution in [-0.4, -0.2) is 24.2 Å². The second-order valence-corrected chi connectivity index (χ2v) is 4.00. The molecule has 0 aromatic heterocycles. The van der Waals surface area contributed by atoms with Crippen molar-refractivity contribution in [3.05, 3.63) is 35.9 Å². The van der Waals surface area contributed by atoms with Crippen LogP contribution in [0.1, 0.15) is 25.3 Å². The quantitative estimate of drug-likeness (QED) is 0.624. The summed E-state index contributed by atoms with van der Waals surface area (Å²) < 4.78 is 0. The Labute approximate surface area is 102 Å². The summed E-state index contributed by atoms with van der Waals surface area (Å²) in [5, 5.41) is 12.6. The number of hydrogen-bond acceptors (Lipinski definition) is 3. The normalized spacial score (nSPS) is 14.2. The van der Waals surface area contributed by atoms with E-state index in [1.54, 1.807) is 0 Å². The molecule has 1 aromatic rings. The van der Waals surface area contributed by atoms with Crippen LogP contribution < -0.4 is 11.1 Å². The van der Waals surface area contributed by atoms with Gasteiger partial charge in [-0.1, -0.05) is 37.3 Å². The van der Waals surface area contributed by atoms with Crippen molar-refractivity contribution < 1.29 is 9.90 Å². The molecule has 0 spiro atoms. The van der Waals surface area contributed by atoms with E-state index in [-0.39, 0.29) is 0 Å². The first-order valence-corrected chi connectivity index (χ1v) is 5.91. The zero-order valence-electron chi connectivity index (χ0n) is 10.1. The van der Waals surface area contributed by atoms with E-state index in [9.17, 15) is 9.90 Å². The number of nitrogens with two attached hydrogens (primary N) is 1. The van der Waals surface area contributed by atoms with Gasteiger partial charge in [0.25, 0.3) is 0 Å². The third kappa shape index (κ3) is 3.05. The third-order valence-corrected chi connectivity index (χ3v) is 2.97. The van der Waals surface area contributed by atoms with Gasteiger partial charge in [-0.3, -0.25) is 5.32 Å². The van der Waals surface area contributed by atoms with Crippen molar-refractivity contribution in [1.29, 1.82) is 0 Å². The smallest absolute Gasteiger partial charge is 0.328 e. The van der Waals surface area contributed by atoms with Crippen LogP contribution in [0.3, 0.4) is 0 Å². The molecule has 1 atom stereocenters. The van der Waals surface area contributed by atoms with Gasteiger partial charge in [0.1, 0.15) is 5.54 Å². The fraction of sp³-hybridized carbons (Fsp3) is 0.462. The van der Waals surface area contributed by atoms with E-state index in [1.165, 1.54) is 0 Å². The summed E-state index contributed by atoms with van der Waals surface area (Å²) in [6.07, 6.45) is 1.26. The van der Waals surface area contributed by atoms with Gasteiger partial charge in [0.15, 0.2) is 0 Å². The Morgan fingerprint density at radius 3 is 2.53 bits per heavy atom. The van der Waals surface area contributed by atoms with Crippen molar-refractivity contribution in [1.82, 2.24) is 5.32 Å². The van der Waals surface area contributed by atoms with E-state index in [1.807, 2.05) is 37.3 Å². The van der Waals surface area contributed by atoms with Crippen molar-refractivity contribution in [3.8, 4) is 0 Å². The van der Waals surface area contributed by atoms with E-state index in [0.29, 0.717) is 19.5 Å². The Morgan fingerprint density at radius 2 is 2.06 bits per heavy atom. The lowest BCUT2D eigenvalue weighted by molar-refractivity contribution is -0.145. The zero-order chi connectivity index (χ0) is 12.7. The lowest BCUT2D eigenvalue weighted by Crippen LogP contribution is -2.49. The number of hydrogen-bond donors (Lipinski definition) is 3. The molecule has 0 aliphatic rings. The number of carbonyl (C=O) groups is 1. The maximum atomic E-state index is 11.6. The third-order valence-electron chi connectivity index (χ3n) is 2.97. The highest BCUT2D eigenvalue weighted by atomic mass is 16.4. The SMILES string of the molecule is CCC(NCCCN)(C(=O)O)c1ccccc1. The molecular formula is C13H20N2O2. The number of rotatable bonds is 7. The van der Waals surface area contributed by atoms with Gasteiger partial charge < -0.3 is 10.8 Å². The van der Waals surface area contributed by atoms with Gasteiger partial charge >= 0.3 is 5.97 Å². The average Bonchev–Trinajstić information content (AvgIpc) is 2.36. The van der Waals surface area contributed by atoms with Crippen molar-refractivity contribution in [3.63, 3.8) is 0 Å². The minimum Gasteiger partial charge on any atom is -0.480 e. The number of carboxylic acid groups (broad SMARTS) is 1. The molecule has 4 heteroatoms. The second kappa shape index (κ2) is 6.37. The van der Waals surface area contributed by atoms with Crippen molar-refractivity contribution in [2.75, 3.05) is 13.1 Å². The number of benzene rings is 1. The number of nitrogens with one attached hydrogen (secondary N) is 1. The summed E-state index contributed by atoms with van der Waals surface area (Å²) >= 11 is 0. The zero-order valence-corrected chi connectivity index (χ0v) is 10.1. The van der Waals surface area contributed by atoms with Crippen LogP contribution in [0.25, 0.3) is 0 Å². The fourth-order valence-electron chi connectivity index (χ4n) is 1.91. The summed E-state index contributed by atoms with van der Waals surface area (Å²) in [5.74, 6) is -0.844. The highest BCUT2D eigenvalue weighted by molar-refractivity contribution is 5.80. The van der Waals surface area contributed by atoms with Gasteiger partial charge in [0, 0.05) is 0 Å². The van der Waals surface area contributed by atoms with Crippen molar-refractivity contribution in [2.24, 2.45) is 5.73 Å². The Morgan fingerprint density at radius 1 is 1.41 bits per heavy atom. The lowest BCUT2D eigenvalue weighted by Gasteiger charge is -2.30. The van der Waals surface area contributed by atoms with Crippen LogP contribution in [0, 0.1) is 0 Å². The first kappa shape index (κ1) is 13.7. The molecule has 17 heavy (non-hydrogen) atoms. The van der Waals surface area contributed by atoms with E-state index in [0.717, 1.165) is 12.0 Å². The number of carboxylic acids is 1. The molecule has 0 aliphatic heterocycles. The van der Waals surface area contributed by atoms with E-state index in [4.69, 9.17) is 5.73 Å². The molecule has 0 saturated carbocycles. The van der Waals surface area contributed by atoms with Gasteiger partial charge in [0.05, 0.1) is 0 Å². The van der Waals surface area contributed by atoms with E-state index in [2.05, 4.69) is 5.32 Å². The monoisotopic (exact) mass is 236 g/mol. The molecule has 0 bridgehead atoms. The Hall–Kier alpha value is -1.39. The topological polar surface area (TPSA) is 75.3 Å². The molecular weight excluding hydrogens is 216 g/mol. The molecule has 4 N–H and O–H groups in total. The van der Waals surface area contributed by atoms with Gasteiger partial charge in [-0.15, -0.1) is 0 Å². The molecule has 94 valence electrons. The van der Waals surface area contributed by atoms with Crippen molar-refractivity contribution >= 4 is 5.97 Å². The van der Waals surface area contributed by atoms with Crippen LogP contribution >= 0.6 is 0 Å². The molecule has 0 heterocycles. The summed E-state index contributed by atoms with van der Waals surface area (Å²) in [6, 6.07) is 9.27. The van der Waals surface area contributed by atoms with Crippen LogP contribution in [0.2, 0.25) is 0 Å². The maximum Gasteiger partial charge on any atom is 0.328 e. The molecule has 1 rings (SSSR count). The molecule has 4 nitrogen and oxygen atoms in total. The highest BCUT2D eigenvalue weighted by Crippen LogP contribution is 2.25. The van der Waals surface area contributed by atoms with Gasteiger partial charge in [0.2, 0.25) is 0 Å². The maximum absolute atomic E-state index is 11.6. The minimum absolute atomic E-state index is 0.497. The van der Waals surface area contributed by atoms with Crippen LogP contribution in [0.15, 0.2) is 30.3 Å². The largest absolute Gasteiger partial charge is 0.480 e. The molecule has 0 aliphatic carbocycles. The molecule has 1 aromatic carbocycles. The predicted molar refractivity (Wildman–Crippen MR) is 67.7 cm³/mol. The molecule has 0 radical (unpaired) electrons. The number of aliphatic carboxylic acids is 1. The van der Waals surface area contributed by atoms with Gasteiger partial charge in [-0.2, -0.15) is 0 Å². The summed E-state index contributed by atoms with van der Waals surface area (Å²) in [7, 11) is 0. The molecule has 0 fully saturated rings. The van der Waals surface area contributed by atoms with Crippen LogP contribution in [0.5, 0.6) is 0 Å². The first-order valence-electron chi connectivity index (χ1n) is 5.91. The van der Waals surface area contributed by atoms with Crippen LogP contribution in [0.4, 0.5) is 0 Å². The summed E-state index contributed by atoms with van der Waals surface area (Å²) in [4.78, 5) is 11.6. The van der Waals surface area contributed by atoms with Crippen molar-refractivity contribution in [2.45, 2.75) is 25.3 Å². The first-order chi connectivity index (χ1) is 8.17. The summed E-state index contributed by atoms with van der Waals surface area (Å²) in [5.41, 5.74) is 5.21. The Kier molecular flexibility index (Phi) is 5.12. The van der Waals surface area contributed by atoms with E-state index >= 15 is 0 Å². The molecule has 0 saturated heterocycles. The lowest BCUT2D eigenvalue weighted by atomic mass is 9.87. The predicted octanol–water partition coefficient (Wildman–Crippen LogP) is 1.31. The Bertz CT molecular complexity index is 354. The summed E-state index contributed by atoms with van der Waals surface area (Å²) in [6.45, 7) is 3.03. The van der Waals surface area contributed by atoms with Crippen LogP contribution in [-0.2, 0) is 10.3 Å². The highest BCUT2D eigenvalue weighted by Gasteiger charge is 2.37. The minimum atomic E-state index is -1.00. The standard InChI is InChI=1S/C13H20N2O2/c1-2-13(12(16)17,15-10-6-9-14)11-7-4-3-5-8-11/h3-5,7-8,15H,2,6,9-10,14H2,1H3,(H,16,17). The fourth-order valence-corrected chi connectivity index (χ4v) is 1.91. The Balaban J connectivity index is 2.97. The molecule has 1 unspecified atom stereocenters. The molecule has 0 amide bonds. The average molecular weight is 236 g/mol.